The maximum absolute atomic E-state index is 15.3. The molecular formula is C48H56F2N10O5. The number of pyridine rings is 1. The number of aryl methyl sites for hydroxylation is 2. The number of amides is 3. The quantitative estimate of drug-likeness (QED) is 0.180. The van der Waals surface area contributed by atoms with Crippen molar-refractivity contribution >= 4 is 46.1 Å². The number of piperazine rings is 1. The number of imide groups is 1. The van der Waals surface area contributed by atoms with E-state index >= 15 is 8.78 Å². The Morgan fingerprint density at radius 2 is 1.58 bits per heavy atom. The number of hydrogen-bond acceptors (Lipinski definition) is 11. The number of hydrogen-bond donors (Lipinski definition) is 2. The second-order valence-electron chi connectivity index (χ2n) is 18.5. The number of carbonyl (C=O) groups excluding carboxylic acids is 3. The molecule has 0 unspecified atom stereocenters. The number of fused-ring (bicyclic) bond motifs is 9. The molecule has 17 heteroatoms. The Labute approximate surface area is 376 Å². The van der Waals surface area contributed by atoms with Crippen LogP contribution in [0.5, 0.6) is 5.88 Å². The topological polar surface area (TPSA) is 152 Å². The first-order chi connectivity index (χ1) is 31.5. The lowest BCUT2D eigenvalue weighted by Crippen LogP contribution is -2.53. The summed E-state index contributed by atoms with van der Waals surface area (Å²) < 4.78 is 46.8. The van der Waals surface area contributed by atoms with Crippen LogP contribution in [-0.2, 0) is 27.4 Å². The molecule has 3 atom stereocenters. The van der Waals surface area contributed by atoms with Crippen LogP contribution >= 0.6 is 0 Å². The van der Waals surface area contributed by atoms with Gasteiger partial charge in [-0.25, -0.2) is 18.4 Å². The van der Waals surface area contributed by atoms with E-state index in [1.165, 1.54) is 12.1 Å². The molecule has 4 bridgehead atoms. The highest BCUT2D eigenvalue weighted by Gasteiger charge is 2.35. The number of carbonyl (C=O) groups is 3. The second kappa shape index (κ2) is 17.8. The number of anilines is 3. The van der Waals surface area contributed by atoms with Gasteiger partial charge in [0.2, 0.25) is 23.6 Å². The van der Waals surface area contributed by atoms with E-state index in [0.717, 1.165) is 92.8 Å². The van der Waals surface area contributed by atoms with Crippen LogP contribution in [0.3, 0.4) is 0 Å². The summed E-state index contributed by atoms with van der Waals surface area (Å²) in [7, 11) is 1.67. The van der Waals surface area contributed by atoms with Crippen molar-refractivity contribution in [3.63, 3.8) is 0 Å². The van der Waals surface area contributed by atoms with Crippen LogP contribution in [0.4, 0.5) is 26.1 Å². The van der Waals surface area contributed by atoms with Crippen LogP contribution in [0.25, 0.3) is 22.3 Å². The van der Waals surface area contributed by atoms with Crippen LogP contribution in [0.1, 0.15) is 78.2 Å². The summed E-state index contributed by atoms with van der Waals surface area (Å²) in [4.78, 5) is 55.0. The SMILES string of the molecule is COCCn1nc(C)c2c1OC[C@H]1CC[C@H](C1)Cn1c(nc3ccc(N4CCN(C5CCN(c6cc(F)c([C@H]7CCC(=O)NC7=O)c(F)c6)CC5)CC4)cc31)NC(=O)c1cc(C)nc-2c1. The Morgan fingerprint density at radius 1 is 0.831 bits per heavy atom. The lowest BCUT2D eigenvalue weighted by Gasteiger charge is -2.44. The standard InChI is InChI=1S/C48H56F2N10O5/c1-28-20-32-22-40(51-28)43-29(2)55-60(18-19-64-3)47(43)65-27-31-5-4-30(21-31)26-59-41-25-34(6-8-39(41)52-48(59)54-45(32)62)58-16-14-57(15-17-58)33-10-12-56(13-11-33)35-23-37(49)44(38(50)24-35)36-7-9-42(61)53-46(36)63/h6,8,20,22-25,30-31,33,36H,4-5,7,9-19,21,26-27H2,1-3H3,(H,52,54,62)(H,53,61,63)/t30-,31+,36-/m1/s1. The molecule has 3 aromatic heterocycles. The maximum Gasteiger partial charge on any atom is 0.258 e. The van der Waals surface area contributed by atoms with Gasteiger partial charge in [0.1, 0.15) is 11.6 Å². The van der Waals surface area contributed by atoms with Crippen molar-refractivity contribution in [2.24, 2.45) is 11.8 Å². The van der Waals surface area contributed by atoms with Crippen molar-refractivity contribution in [3.05, 3.63) is 76.6 Å². The smallest absolute Gasteiger partial charge is 0.258 e. The van der Waals surface area contributed by atoms with Gasteiger partial charge in [-0.15, -0.1) is 0 Å². The lowest BCUT2D eigenvalue weighted by molar-refractivity contribution is -0.134. The third kappa shape index (κ3) is 8.55. The van der Waals surface area contributed by atoms with Crippen molar-refractivity contribution < 1.29 is 32.6 Å². The van der Waals surface area contributed by atoms with Gasteiger partial charge in [-0.3, -0.25) is 34.9 Å². The van der Waals surface area contributed by atoms with Crippen molar-refractivity contribution in [3.8, 4) is 17.1 Å². The summed E-state index contributed by atoms with van der Waals surface area (Å²) in [5.41, 5.74) is 6.53. The third-order valence-electron chi connectivity index (χ3n) is 14.2. The van der Waals surface area contributed by atoms with Crippen molar-refractivity contribution in [2.75, 3.05) is 74.7 Å². The first-order valence-corrected chi connectivity index (χ1v) is 23.1. The summed E-state index contributed by atoms with van der Waals surface area (Å²) >= 11 is 0. The first kappa shape index (κ1) is 43.0. The summed E-state index contributed by atoms with van der Waals surface area (Å²) in [5.74, 6) is -1.93. The molecule has 0 spiro atoms. The number of benzene rings is 2. The minimum Gasteiger partial charge on any atom is -0.477 e. The van der Waals surface area contributed by atoms with Crippen LogP contribution in [0.15, 0.2) is 42.5 Å². The summed E-state index contributed by atoms with van der Waals surface area (Å²) in [6, 6.07) is 13.0. The number of aromatic nitrogens is 5. The zero-order valence-corrected chi connectivity index (χ0v) is 37.2. The molecule has 0 radical (unpaired) electrons. The Balaban J connectivity index is 0.833. The van der Waals surface area contributed by atoms with Gasteiger partial charge in [-0.05, 0) is 107 Å². The highest BCUT2D eigenvalue weighted by molar-refractivity contribution is 6.05. The Hall–Kier alpha value is -5.94. The first-order valence-electron chi connectivity index (χ1n) is 23.1. The number of rotatable bonds is 7. The van der Waals surface area contributed by atoms with E-state index < -0.39 is 29.4 Å². The van der Waals surface area contributed by atoms with E-state index in [2.05, 4.69) is 43.2 Å². The zero-order chi connectivity index (χ0) is 44.9. The summed E-state index contributed by atoms with van der Waals surface area (Å²) in [6.45, 7) is 10.9. The molecule has 1 aliphatic carbocycles. The fourth-order valence-corrected chi connectivity index (χ4v) is 10.9. The Bertz CT molecular complexity index is 2630. The highest BCUT2D eigenvalue weighted by atomic mass is 19.1. The van der Waals surface area contributed by atoms with E-state index in [1.807, 2.05) is 29.5 Å². The fraction of sp³-hybridized carbons (Fsp3) is 0.500. The zero-order valence-electron chi connectivity index (χ0n) is 37.2. The van der Waals surface area contributed by atoms with Crippen LogP contribution in [0, 0.1) is 37.3 Å². The van der Waals surface area contributed by atoms with Crippen molar-refractivity contribution in [1.29, 1.82) is 0 Å². The number of nitrogens with zero attached hydrogens (tertiary/aromatic N) is 8. The van der Waals surface area contributed by atoms with E-state index in [1.54, 1.807) is 13.2 Å². The molecule has 15 nitrogen and oxygen atoms in total. The number of ether oxygens (including phenoxy) is 2. The van der Waals surface area contributed by atoms with E-state index in [0.29, 0.717) is 85.2 Å². The monoisotopic (exact) mass is 890 g/mol. The van der Waals surface area contributed by atoms with Gasteiger partial charge in [0.05, 0.1) is 53.7 Å². The average molecular weight is 891 g/mol. The number of piperidine rings is 2. The molecule has 5 aliphatic rings. The van der Waals surface area contributed by atoms with E-state index in [4.69, 9.17) is 24.5 Å². The Kier molecular flexibility index (Phi) is 11.8. The van der Waals surface area contributed by atoms with E-state index in [-0.39, 0.29) is 24.3 Å². The van der Waals surface area contributed by atoms with Gasteiger partial charge in [-0.2, -0.15) is 5.10 Å². The van der Waals surface area contributed by atoms with Gasteiger partial charge < -0.3 is 23.8 Å². The van der Waals surface area contributed by atoms with Gasteiger partial charge in [0.25, 0.3) is 5.91 Å². The average Bonchev–Trinajstić information content (AvgIpc) is 3.99. The van der Waals surface area contributed by atoms with Crippen molar-refractivity contribution in [1.82, 2.24) is 34.5 Å². The maximum atomic E-state index is 15.3. The summed E-state index contributed by atoms with van der Waals surface area (Å²) in [6.07, 6.45) is 4.95. The van der Waals surface area contributed by atoms with E-state index in [9.17, 15) is 14.4 Å². The molecule has 3 amide bonds. The number of nitrogens with one attached hydrogen (secondary N) is 2. The van der Waals surface area contributed by atoms with Crippen molar-refractivity contribution in [2.45, 2.75) is 83.8 Å². The number of halogens is 2. The second-order valence-corrected chi connectivity index (χ2v) is 18.5. The van der Waals surface area contributed by atoms with Gasteiger partial charge in [0, 0.05) is 93.6 Å². The number of methoxy groups -OCH3 is 1. The minimum absolute atomic E-state index is 0.0561. The molecule has 342 valence electrons. The molecular weight excluding hydrogens is 835 g/mol. The molecule has 2 aromatic carbocycles. The predicted molar refractivity (Wildman–Crippen MR) is 241 cm³/mol. The largest absolute Gasteiger partial charge is 0.477 e. The third-order valence-corrected chi connectivity index (χ3v) is 14.2. The fourth-order valence-electron chi connectivity index (χ4n) is 10.9. The van der Waals surface area contributed by atoms with Gasteiger partial charge in [-0.1, -0.05) is 0 Å². The summed E-state index contributed by atoms with van der Waals surface area (Å²) in [5, 5.41) is 10.2. The molecule has 4 fully saturated rings. The van der Waals surface area contributed by atoms with Gasteiger partial charge >= 0.3 is 0 Å². The highest BCUT2D eigenvalue weighted by Crippen LogP contribution is 2.39. The number of imidazole rings is 1. The molecule has 5 aromatic rings. The molecule has 7 heterocycles. The Morgan fingerprint density at radius 3 is 2.34 bits per heavy atom. The molecule has 3 saturated heterocycles. The molecule has 1 saturated carbocycles. The van der Waals surface area contributed by atoms with Crippen LogP contribution < -0.4 is 25.2 Å². The van der Waals surface area contributed by atoms with Crippen LogP contribution in [0.2, 0.25) is 0 Å². The molecule has 65 heavy (non-hydrogen) atoms. The molecule has 4 aliphatic heterocycles. The van der Waals surface area contributed by atoms with Gasteiger partial charge in [0.15, 0.2) is 0 Å². The lowest BCUT2D eigenvalue weighted by atomic mass is 9.89. The normalized spacial score (nSPS) is 22.2. The van der Waals surface area contributed by atoms with Crippen LogP contribution in [-0.4, -0.2) is 113 Å². The predicted octanol–water partition coefficient (Wildman–Crippen LogP) is 6.21. The molecule has 2 N–H and O–H groups in total. The molecule has 10 rings (SSSR count). The minimum atomic E-state index is -1.01.